The Morgan fingerprint density at radius 2 is 2.00 bits per heavy atom. The number of aromatic nitrogens is 1. The number of pyridine rings is 1. The van der Waals surface area contributed by atoms with E-state index in [1.807, 2.05) is 0 Å². The fraction of sp³-hybridized carbons (Fsp3) is 0.364. The van der Waals surface area contributed by atoms with E-state index in [0.29, 0.717) is 6.54 Å². The maximum atomic E-state index is 11.8. The van der Waals surface area contributed by atoms with Gasteiger partial charge in [-0.1, -0.05) is 11.6 Å². The SMILES string of the molecule is CN(C)C(=O)NCCNC(=O)c1cc(Cl)ncc1N. The van der Waals surface area contributed by atoms with E-state index in [2.05, 4.69) is 15.6 Å². The molecule has 0 aliphatic carbocycles. The molecule has 0 atom stereocenters. The summed E-state index contributed by atoms with van der Waals surface area (Å²) in [6.07, 6.45) is 1.32. The molecule has 3 amide bonds. The lowest BCUT2D eigenvalue weighted by Gasteiger charge is -2.12. The Labute approximate surface area is 116 Å². The molecule has 0 aromatic carbocycles. The fourth-order valence-electron chi connectivity index (χ4n) is 1.24. The molecule has 7 nitrogen and oxygen atoms in total. The molecule has 0 aliphatic heterocycles. The van der Waals surface area contributed by atoms with Crippen molar-refractivity contribution < 1.29 is 9.59 Å². The third-order valence-electron chi connectivity index (χ3n) is 2.24. The second kappa shape index (κ2) is 6.79. The van der Waals surface area contributed by atoms with Gasteiger partial charge in [-0.3, -0.25) is 4.79 Å². The number of carbonyl (C=O) groups excluding carboxylic acids is 2. The summed E-state index contributed by atoms with van der Waals surface area (Å²) in [5.41, 5.74) is 6.14. The van der Waals surface area contributed by atoms with Crippen molar-refractivity contribution in [3.63, 3.8) is 0 Å². The number of carbonyl (C=O) groups is 2. The molecule has 104 valence electrons. The number of nitrogens with one attached hydrogen (secondary N) is 2. The lowest BCUT2D eigenvalue weighted by molar-refractivity contribution is 0.0954. The summed E-state index contributed by atoms with van der Waals surface area (Å²) >= 11 is 5.69. The van der Waals surface area contributed by atoms with Gasteiger partial charge in [0.25, 0.3) is 5.91 Å². The highest BCUT2D eigenvalue weighted by Crippen LogP contribution is 2.14. The van der Waals surface area contributed by atoms with Crippen LogP contribution in [0.2, 0.25) is 5.15 Å². The predicted molar refractivity (Wildman–Crippen MR) is 73.1 cm³/mol. The molecule has 8 heteroatoms. The fourth-order valence-corrected chi connectivity index (χ4v) is 1.39. The van der Waals surface area contributed by atoms with E-state index >= 15 is 0 Å². The van der Waals surface area contributed by atoms with Crippen molar-refractivity contribution in [3.8, 4) is 0 Å². The Hall–Kier alpha value is -2.02. The van der Waals surface area contributed by atoms with Gasteiger partial charge in [0, 0.05) is 27.2 Å². The second-order valence-corrected chi connectivity index (χ2v) is 4.36. The number of urea groups is 1. The van der Waals surface area contributed by atoms with E-state index in [4.69, 9.17) is 17.3 Å². The van der Waals surface area contributed by atoms with Crippen LogP contribution in [0.25, 0.3) is 0 Å². The number of rotatable bonds is 4. The normalized spacial score (nSPS) is 9.84. The van der Waals surface area contributed by atoms with Crippen LogP contribution in [0, 0.1) is 0 Å². The summed E-state index contributed by atoms with van der Waals surface area (Å²) in [5, 5.41) is 5.43. The molecule has 1 rings (SSSR count). The molecule has 0 fully saturated rings. The monoisotopic (exact) mass is 285 g/mol. The topological polar surface area (TPSA) is 100 Å². The van der Waals surface area contributed by atoms with Gasteiger partial charge in [-0.2, -0.15) is 0 Å². The van der Waals surface area contributed by atoms with Crippen LogP contribution in [0.3, 0.4) is 0 Å². The van der Waals surface area contributed by atoms with Gasteiger partial charge in [0.05, 0.1) is 17.4 Å². The summed E-state index contributed by atoms with van der Waals surface area (Å²) in [6.45, 7) is 0.610. The molecular formula is C11H16ClN5O2. The van der Waals surface area contributed by atoms with Crippen molar-refractivity contribution in [2.45, 2.75) is 0 Å². The van der Waals surface area contributed by atoms with E-state index in [1.165, 1.54) is 17.2 Å². The molecule has 0 radical (unpaired) electrons. The first-order valence-electron chi connectivity index (χ1n) is 5.56. The average Bonchev–Trinajstić information content (AvgIpc) is 2.36. The van der Waals surface area contributed by atoms with Gasteiger partial charge in [-0.15, -0.1) is 0 Å². The first-order valence-corrected chi connectivity index (χ1v) is 5.94. The van der Waals surface area contributed by atoms with Crippen LogP contribution in [0.15, 0.2) is 12.3 Å². The molecular weight excluding hydrogens is 270 g/mol. The van der Waals surface area contributed by atoms with Crippen LogP contribution in [0.5, 0.6) is 0 Å². The molecule has 19 heavy (non-hydrogen) atoms. The first kappa shape index (κ1) is 15.0. The minimum absolute atomic E-state index is 0.195. The minimum atomic E-state index is -0.360. The van der Waals surface area contributed by atoms with Crippen LogP contribution in [0.1, 0.15) is 10.4 Å². The number of nitrogens with zero attached hydrogens (tertiary/aromatic N) is 2. The number of nitrogen functional groups attached to an aromatic ring is 1. The summed E-state index contributed by atoms with van der Waals surface area (Å²) < 4.78 is 0. The molecule has 0 saturated carbocycles. The van der Waals surface area contributed by atoms with Gasteiger partial charge < -0.3 is 21.3 Å². The summed E-state index contributed by atoms with van der Waals surface area (Å²) in [4.78, 5) is 28.2. The molecule has 0 spiro atoms. The molecule has 0 bridgehead atoms. The standard InChI is InChI=1S/C11H16ClN5O2/c1-17(2)11(19)15-4-3-14-10(18)7-5-9(12)16-6-8(7)13/h5-6H,3-4,13H2,1-2H3,(H,14,18)(H,15,19). The number of nitrogens with two attached hydrogens (primary N) is 1. The maximum Gasteiger partial charge on any atom is 0.316 e. The molecule has 1 aromatic heterocycles. The number of amides is 3. The Bertz CT molecular complexity index is 478. The van der Waals surface area contributed by atoms with Crippen molar-refractivity contribution in [2.24, 2.45) is 0 Å². The van der Waals surface area contributed by atoms with E-state index < -0.39 is 0 Å². The van der Waals surface area contributed by atoms with E-state index in [-0.39, 0.29) is 34.9 Å². The highest BCUT2D eigenvalue weighted by molar-refractivity contribution is 6.29. The van der Waals surface area contributed by atoms with Gasteiger partial charge in [0.2, 0.25) is 0 Å². The Morgan fingerprint density at radius 3 is 2.63 bits per heavy atom. The summed E-state index contributed by atoms with van der Waals surface area (Å²) in [6, 6.07) is 1.17. The highest BCUT2D eigenvalue weighted by atomic mass is 35.5. The largest absolute Gasteiger partial charge is 0.397 e. The Morgan fingerprint density at radius 1 is 1.37 bits per heavy atom. The van der Waals surface area contributed by atoms with Crippen molar-refractivity contribution in [1.29, 1.82) is 0 Å². The third-order valence-corrected chi connectivity index (χ3v) is 2.45. The van der Waals surface area contributed by atoms with Gasteiger partial charge in [-0.05, 0) is 6.07 Å². The summed E-state index contributed by atoms with van der Waals surface area (Å²) in [5.74, 6) is -0.360. The van der Waals surface area contributed by atoms with Crippen molar-refractivity contribution in [3.05, 3.63) is 23.0 Å². The van der Waals surface area contributed by atoms with Gasteiger partial charge >= 0.3 is 6.03 Å². The van der Waals surface area contributed by atoms with Crippen molar-refractivity contribution in [2.75, 3.05) is 32.9 Å². The second-order valence-electron chi connectivity index (χ2n) is 3.98. The number of halogens is 1. The lowest BCUT2D eigenvalue weighted by atomic mass is 10.2. The minimum Gasteiger partial charge on any atom is -0.397 e. The van der Waals surface area contributed by atoms with Crippen LogP contribution in [-0.4, -0.2) is 49.0 Å². The van der Waals surface area contributed by atoms with E-state index in [1.54, 1.807) is 14.1 Å². The van der Waals surface area contributed by atoms with Crippen LogP contribution in [-0.2, 0) is 0 Å². The van der Waals surface area contributed by atoms with Gasteiger partial charge in [0.15, 0.2) is 0 Å². The lowest BCUT2D eigenvalue weighted by Crippen LogP contribution is -2.39. The zero-order chi connectivity index (χ0) is 14.4. The quantitative estimate of drug-likeness (QED) is 0.548. The van der Waals surface area contributed by atoms with E-state index in [0.717, 1.165) is 0 Å². The highest BCUT2D eigenvalue weighted by Gasteiger charge is 2.10. The number of anilines is 1. The molecule has 1 heterocycles. The Kier molecular flexibility index (Phi) is 5.37. The van der Waals surface area contributed by atoms with Crippen molar-refractivity contribution in [1.82, 2.24) is 20.5 Å². The van der Waals surface area contributed by atoms with Crippen LogP contribution >= 0.6 is 11.6 Å². The molecule has 0 saturated heterocycles. The first-order chi connectivity index (χ1) is 8.91. The van der Waals surface area contributed by atoms with Crippen molar-refractivity contribution >= 4 is 29.2 Å². The van der Waals surface area contributed by atoms with E-state index in [9.17, 15) is 9.59 Å². The zero-order valence-electron chi connectivity index (χ0n) is 10.7. The van der Waals surface area contributed by atoms with Gasteiger partial charge in [-0.25, -0.2) is 9.78 Å². The third kappa shape index (κ3) is 4.63. The molecule has 0 unspecified atom stereocenters. The maximum absolute atomic E-state index is 11.8. The number of hydrogen-bond acceptors (Lipinski definition) is 4. The zero-order valence-corrected chi connectivity index (χ0v) is 11.5. The van der Waals surface area contributed by atoms with Gasteiger partial charge in [0.1, 0.15) is 5.15 Å². The number of hydrogen-bond donors (Lipinski definition) is 3. The van der Waals surface area contributed by atoms with Crippen LogP contribution in [0.4, 0.5) is 10.5 Å². The smallest absolute Gasteiger partial charge is 0.316 e. The summed E-state index contributed by atoms with van der Waals surface area (Å²) in [7, 11) is 3.27. The van der Waals surface area contributed by atoms with Crippen LogP contribution < -0.4 is 16.4 Å². The average molecular weight is 286 g/mol. The molecule has 1 aromatic rings. The molecule has 4 N–H and O–H groups in total. The Balaban J connectivity index is 2.44. The molecule has 0 aliphatic rings. The predicted octanol–water partition coefficient (Wildman–Crippen LogP) is 0.318.